The Hall–Kier alpha value is 1.25. The summed E-state index contributed by atoms with van der Waals surface area (Å²) in [5.74, 6) is 5.42. The second kappa shape index (κ2) is 48.2. The van der Waals surface area contributed by atoms with Crippen molar-refractivity contribution in [3.8, 4) is 0 Å². The van der Waals surface area contributed by atoms with E-state index in [1.807, 2.05) is 0 Å². The molecule has 0 spiro atoms. The predicted octanol–water partition coefficient (Wildman–Crippen LogP) is 19.4. The van der Waals surface area contributed by atoms with Gasteiger partial charge in [0.1, 0.15) is 0 Å². The summed E-state index contributed by atoms with van der Waals surface area (Å²) in [6.07, 6.45) is 58.4. The molecular weight excluding hydrogens is 843 g/mol. The zero-order chi connectivity index (χ0) is 43.2. The molecule has 0 aromatic carbocycles. The first-order chi connectivity index (χ1) is 29.7. The Bertz CT molecular complexity index is 1020. The van der Waals surface area contributed by atoms with E-state index in [-0.39, 0.29) is 0 Å². The van der Waals surface area contributed by atoms with Gasteiger partial charge in [-0.25, -0.2) is 4.98 Å². The molecular formula is C53H101NS6. The molecule has 0 atom stereocenters. The number of aryl methyl sites for hydroxylation is 1. The molecule has 354 valence electrons. The van der Waals surface area contributed by atoms with Crippen molar-refractivity contribution < 1.29 is 0 Å². The average Bonchev–Trinajstić information content (AvgIpc) is 3.25. The van der Waals surface area contributed by atoms with Crippen LogP contribution in [0.5, 0.6) is 0 Å². The first kappa shape index (κ1) is 59.3. The van der Waals surface area contributed by atoms with Gasteiger partial charge < -0.3 is 0 Å². The van der Waals surface area contributed by atoms with Gasteiger partial charge in [-0.05, 0) is 111 Å². The van der Waals surface area contributed by atoms with Crippen LogP contribution in [0.15, 0.2) is 9.92 Å². The van der Waals surface area contributed by atoms with E-state index in [1.165, 1.54) is 280 Å². The van der Waals surface area contributed by atoms with Crippen LogP contribution in [0, 0.1) is 0 Å². The second-order valence-corrected chi connectivity index (χ2v) is 21.6. The van der Waals surface area contributed by atoms with E-state index in [0.717, 1.165) is 40.9 Å². The largest absolute Gasteiger partial charge is 0.245 e. The Morgan fingerprint density at radius 2 is 0.533 bits per heavy atom. The van der Waals surface area contributed by atoms with Gasteiger partial charge in [-0.3, -0.25) is 0 Å². The molecule has 1 aromatic rings. The van der Waals surface area contributed by atoms with Gasteiger partial charge >= 0.3 is 0 Å². The fraction of sp³-hybridized carbons (Fsp3) is 0.906. The molecule has 7 heteroatoms. The topological polar surface area (TPSA) is 12.9 Å². The van der Waals surface area contributed by atoms with E-state index in [2.05, 4.69) is 62.3 Å². The summed E-state index contributed by atoms with van der Waals surface area (Å²) in [5, 5.41) is 1.06. The van der Waals surface area contributed by atoms with Crippen LogP contribution in [0.3, 0.4) is 0 Å². The van der Waals surface area contributed by atoms with Crippen LogP contribution in [-0.4, -0.2) is 33.7 Å². The van der Waals surface area contributed by atoms with Crippen molar-refractivity contribution in [1.29, 1.82) is 0 Å². The summed E-state index contributed by atoms with van der Waals surface area (Å²) in [6.45, 7) is 0. The number of unbranched alkanes of at least 4 members (excludes halogenated alkanes) is 36. The predicted molar refractivity (Wildman–Crippen MR) is 293 cm³/mol. The molecule has 1 heterocycles. The van der Waals surface area contributed by atoms with Gasteiger partial charge in [-0.15, -0.1) is 24.4 Å². The van der Waals surface area contributed by atoms with Gasteiger partial charge in [-0.2, -0.15) is 50.5 Å². The summed E-state index contributed by atoms with van der Waals surface area (Å²) < 4.78 is 0. The summed E-state index contributed by atoms with van der Waals surface area (Å²) in [6, 6.07) is 0. The fourth-order valence-electron chi connectivity index (χ4n) is 8.84. The monoisotopic (exact) mass is 944 g/mol. The Kier molecular flexibility index (Phi) is 47.6. The Labute approximate surface area is 408 Å². The van der Waals surface area contributed by atoms with Crippen LogP contribution in [0.4, 0.5) is 0 Å². The Morgan fingerprint density at radius 1 is 0.283 bits per heavy atom. The highest BCUT2D eigenvalue weighted by Crippen LogP contribution is 2.36. The SMILES string of the molecule is SCCCCCCCCCCCCSc1c(CCCCCCCCCCCCS)nc(S)c(CCCCCCCCCCCCS)c1CCCCCCCCCCCCS. The maximum absolute atomic E-state index is 5.39. The van der Waals surface area contributed by atoms with E-state index in [1.54, 1.807) is 10.5 Å². The lowest BCUT2D eigenvalue weighted by atomic mass is 9.95. The number of rotatable bonds is 49. The second-order valence-electron chi connectivity index (χ2n) is 18.3. The molecule has 60 heavy (non-hydrogen) atoms. The third kappa shape index (κ3) is 36.5. The minimum atomic E-state index is 1.04. The molecule has 0 saturated carbocycles. The molecule has 0 radical (unpaired) electrons. The molecule has 0 aliphatic heterocycles. The van der Waals surface area contributed by atoms with Crippen LogP contribution >= 0.6 is 74.9 Å². The first-order valence-corrected chi connectivity index (χ1v) is 30.5. The molecule has 1 aromatic heterocycles. The number of nitrogens with zero attached hydrogens (tertiary/aromatic N) is 1. The molecule has 0 N–H and O–H groups in total. The van der Waals surface area contributed by atoms with Gasteiger partial charge in [0.15, 0.2) is 0 Å². The van der Waals surface area contributed by atoms with Crippen molar-refractivity contribution >= 4 is 74.9 Å². The van der Waals surface area contributed by atoms with E-state index in [0.29, 0.717) is 0 Å². The van der Waals surface area contributed by atoms with Crippen molar-refractivity contribution in [2.45, 2.75) is 286 Å². The highest BCUT2D eigenvalue weighted by Gasteiger charge is 2.19. The summed E-state index contributed by atoms with van der Waals surface area (Å²) >= 11 is 24.9. The summed E-state index contributed by atoms with van der Waals surface area (Å²) in [4.78, 5) is 6.98. The quantitative estimate of drug-likeness (QED) is 0.0254. The van der Waals surface area contributed by atoms with Crippen LogP contribution < -0.4 is 0 Å². The third-order valence-electron chi connectivity index (χ3n) is 12.7. The average molecular weight is 945 g/mol. The van der Waals surface area contributed by atoms with Crippen LogP contribution in [-0.2, 0) is 19.3 Å². The van der Waals surface area contributed by atoms with Gasteiger partial charge in [0, 0.05) is 4.90 Å². The van der Waals surface area contributed by atoms with Crippen molar-refractivity contribution in [2.24, 2.45) is 0 Å². The number of pyridine rings is 1. The van der Waals surface area contributed by atoms with Crippen LogP contribution in [0.1, 0.15) is 274 Å². The lowest BCUT2D eigenvalue weighted by Gasteiger charge is -2.20. The number of thiol groups is 5. The fourth-order valence-corrected chi connectivity index (χ4v) is 11.4. The maximum Gasteiger partial charge on any atom is 0.0968 e. The Morgan fingerprint density at radius 3 is 0.850 bits per heavy atom. The van der Waals surface area contributed by atoms with Gasteiger partial charge in [-0.1, -0.05) is 205 Å². The highest BCUT2D eigenvalue weighted by atomic mass is 32.2. The number of thioether (sulfide) groups is 1. The van der Waals surface area contributed by atoms with E-state index >= 15 is 0 Å². The minimum absolute atomic E-state index is 1.04. The molecule has 1 nitrogen and oxygen atoms in total. The molecule has 0 fully saturated rings. The maximum atomic E-state index is 5.39. The summed E-state index contributed by atoms with van der Waals surface area (Å²) in [7, 11) is 0. The van der Waals surface area contributed by atoms with Gasteiger partial charge in [0.2, 0.25) is 0 Å². The molecule has 0 aliphatic carbocycles. The van der Waals surface area contributed by atoms with Crippen LogP contribution in [0.2, 0.25) is 0 Å². The number of hydrogen-bond donors (Lipinski definition) is 5. The lowest BCUT2D eigenvalue weighted by molar-refractivity contribution is 0.549. The van der Waals surface area contributed by atoms with Crippen LogP contribution in [0.25, 0.3) is 0 Å². The van der Waals surface area contributed by atoms with Crippen molar-refractivity contribution in [3.63, 3.8) is 0 Å². The van der Waals surface area contributed by atoms with Crippen molar-refractivity contribution in [1.82, 2.24) is 4.98 Å². The zero-order valence-electron chi connectivity index (χ0n) is 39.5. The smallest absolute Gasteiger partial charge is 0.0968 e. The molecule has 1 rings (SSSR count). The first-order valence-electron chi connectivity index (χ1n) is 26.5. The van der Waals surface area contributed by atoms with E-state index in [4.69, 9.17) is 17.6 Å². The zero-order valence-corrected chi connectivity index (χ0v) is 44.8. The molecule has 0 amide bonds. The molecule has 0 saturated heterocycles. The van der Waals surface area contributed by atoms with Crippen molar-refractivity contribution in [2.75, 3.05) is 28.8 Å². The van der Waals surface area contributed by atoms with Gasteiger partial charge in [0.25, 0.3) is 0 Å². The standard InChI is InChI=1S/C53H101NS6/c55-44-36-28-20-12-4-1-9-17-25-33-41-49-50(42-34-26-18-10-2-5-13-21-29-37-45-56)53(59)54-51(43-35-27-19-11-3-6-14-22-30-38-46-57)52(49)60-48-40-32-24-16-8-7-15-23-31-39-47-58/h55-58H,1-48H2,(H,54,59). The third-order valence-corrected chi connectivity index (χ3v) is 15.6. The summed E-state index contributed by atoms with van der Waals surface area (Å²) in [5.41, 5.74) is 4.56. The number of hydrogen-bond acceptors (Lipinski definition) is 7. The minimum Gasteiger partial charge on any atom is -0.245 e. The van der Waals surface area contributed by atoms with E-state index < -0.39 is 0 Å². The molecule has 0 unspecified atom stereocenters. The van der Waals surface area contributed by atoms with E-state index in [9.17, 15) is 0 Å². The lowest BCUT2D eigenvalue weighted by Crippen LogP contribution is -2.08. The van der Waals surface area contributed by atoms with Gasteiger partial charge in [0.05, 0.1) is 10.7 Å². The number of aromatic nitrogens is 1. The van der Waals surface area contributed by atoms with Crippen molar-refractivity contribution in [3.05, 3.63) is 16.8 Å². The Balaban J connectivity index is 2.88. The normalized spacial score (nSPS) is 11.7. The molecule has 0 aliphatic rings. The highest BCUT2D eigenvalue weighted by molar-refractivity contribution is 7.99. The molecule has 0 bridgehead atoms.